The molecular formula is C22H41FN2O6Si2. The molecule has 0 unspecified atom stereocenters. The van der Waals surface area contributed by atoms with Crippen LogP contribution in [-0.4, -0.2) is 58.0 Å². The Hall–Kier alpha value is -1.12. The maximum Gasteiger partial charge on any atom is 0.330 e. The number of ether oxygens (including phenoxy) is 2. The van der Waals surface area contributed by atoms with Gasteiger partial charge in [-0.25, -0.2) is 9.18 Å². The molecule has 0 spiro atoms. The Morgan fingerprint density at radius 2 is 1.61 bits per heavy atom. The molecule has 11 heteroatoms. The second kappa shape index (κ2) is 9.86. The Morgan fingerprint density at radius 1 is 1.03 bits per heavy atom. The largest absolute Gasteiger partial charge is 0.414 e. The van der Waals surface area contributed by atoms with E-state index in [-0.39, 0.29) is 16.7 Å². The number of nitrogens with zero attached hydrogens (tertiary/aromatic N) is 1. The SMILES string of the molecule is CC(C)(C)[Si](C)(C)OC[C@H]1O[C@@H](n2ccc(=O)[nH]c2=O)[C@H](O[Si](C)(C)C(C)(C)C)[C@@H]1OCF. The Kier molecular flexibility index (Phi) is 8.40. The minimum Gasteiger partial charge on any atom is -0.414 e. The summed E-state index contributed by atoms with van der Waals surface area (Å²) in [6.45, 7) is 20.3. The Morgan fingerprint density at radius 3 is 2.09 bits per heavy atom. The van der Waals surface area contributed by atoms with Crippen LogP contribution in [0, 0.1) is 0 Å². The molecule has 2 rings (SSSR count). The zero-order chi connectivity index (χ0) is 25.4. The van der Waals surface area contributed by atoms with Crippen molar-refractivity contribution in [2.24, 2.45) is 0 Å². The standard InChI is InChI=1S/C22H41FN2O6Si2/c1-21(2,3)32(7,8)29-13-15-17(28-14-23)18(31-33(9,10)22(4,5)6)19(30-15)25-12-11-16(26)24-20(25)27/h11-12,15,17-19H,13-14H2,1-10H3,(H,24,26,27)/t15-,17-,18-,19-/m1/s1. The fourth-order valence-electron chi connectivity index (χ4n) is 3.12. The average molecular weight is 505 g/mol. The normalized spacial score (nSPS) is 24.9. The zero-order valence-electron chi connectivity index (χ0n) is 21.7. The summed E-state index contributed by atoms with van der Waals surface area (Å²) < 4.78 is 39.5. The number of rotatable bonds is 8. The first-order chi connectivity index (χ1) is 14.9. The van der Waals surface area contributed by atoms with Gasteiger partial charge in [0.15, 0.2) is 29.7 Å². The number of aromatic amines is 1. The second-order valence-corrected chi connectivity index (χ2v) is 21.3. The van der Waals surface area contributed by atoms with E-state index in [9.17, 15) is 14.0 Å². The van der Waals surface area contributed by atoms with Crippen LogP contribution in [0.2, 0.25) is 36.3 Å². The molecule has 1 aromatic rings. The second-order valence-electron chi connectivity index (χ2n) is 11.7. The van der Waals surface area contributed by atoms with E-state index in [0.29, 0.717) is 0 Å². The minimum absolute atomic E-state index is 0.0195. The van der Waals surface area contributed by atoms with Crippen LogP contribution in [0.1, 0.15) is 47.8 Å². The van der Waals surface area contributed by atoms with Crippen LogP contribution < -0.4 is 11.2 Å². The van der Waals surface area contributed by atoms with Crippen molar-refractivity contribution in [1.29, 1.82) is 0 Å². The number of alkyl halides is 1. The van der Waals surface area contributed by atoms with Gasteiger partial charge in [-0.3, -0.25) is 14.3 Å². The van der Waals surface area contributed by atoms with Crippen LogP contribution in [0.15, 0.2) is 21.9 Å². The number of hydrogen-bond donors (Lipinski definition) is 1. The number of nitrogens with one attached hydrogen (secondary N) is 1. The number of hydrogen-bond acceptors (Lipinski definition) is 6. The smallest absolute Gasteiger partial charge is 0.330 e. The first-order valence-corrected chi connectivity index (χ1v) is 17.2. The molecule has 0 aliphatic carbocycles. The molecule has 190 valence electrons. The number of aromatic nitrogens is 2. The Balaban J connectivity index is 2.47. The molecule has 1 aliphatic heterocycles. The molecule has 1 aliphatic rings. The highest BCUT2D eigenvalue weighted by Crippen LogP contribution is 2.43. The van der Waals surface area contributed by atoms with E-state index in [1.165, 1.54) is 16.8 Å². The lowest BCUT2D eigenvalue weighted by Crippen LogP contribution is -2.51. The maximum atomic E-state index is 13.5. The molecular weight excluding hydrogens is 463 g/mol. The molecule has 0 aromatic carbocycles. The van der Waals surface area contributed by atoms with Gasteiger partial charge in [-0.05, 0) is 36.3 Å². The molecule has 0 saturated carbocycles. The maximum absolute atomic E-state index is 13.5. The molecule has 2 heterocycles. The van der Waals surface area contributed by atoms with Crippen LogP contribution >= 0.6 is 0 Å². The average Bonchev–Trinajstić information content (AvgIpc) is 2.95. The van der Waals surface area contributed by atoms with Gasteiger partial charge in [-0.1, -0.05) is 41.5 Å². The fraction of sp³-hybridized carbons (Fsp3) is 0.818. The van der Waals surface area contributed by atoms with Crippen molar-refractivity contribution in [2.75, 3.05) is 13.5 Å². The monoisotopic (exact) mass is 504 g/mol. The highest BCUT2D eigenvalue weighted by molar-refractivity contribution is 6.74. The summed E-state index contributed by atoms with van der Waals surface area (Å²) in [5, 5.41) is -0.155. The topological polar surface area (TPSA) is 91.8 Å². The summed E-state index contributed by atoms with van der Waals surface area (Å²) in [4.78, 5) is 26.5. The lowest BCUT2D eigenvalue weighted by Gasteiger charge is -2.40. The molecule has 33 heavy (non-hydrogen) atoms. The summed E-state index contributed by atoms with van der Waals surface area (Å²) in [5.74, 6) is 0. The molecule has 1 aromatic heterocycles. The van der Waals surface area contributed by atoms with Crippen LogP contribution in [0.5, 0.6) is 0 Å². The predicted molar refractivity (Wildman–Crippen MR) is 131 cm³/mol. The minimum atomic E-state index is -2.36. The van der Waals surface area contributed by atoms with Crippen molar-refractivity contribution in [3.05, 3.63) is 33.1 Å². The van der Waals surface area contributed by atoms with Crippen LogP contribution in [0.25, 0.3) is 0 Å². The van der Waals surface area contributed by atoms with Gasteiger partial charge < -0.3 is 18.3 Å². The molecule has 4 atom stereocenters. The number of H-pyrrole nitrogens is 1. The first kappa shape index (κ1) is 28.1. The van der Waals surface area contributed by atoms with Crippen molar-refractivity contribution >= 4 is 16.6 Å². The van der Waals surface area contributed by atoms with Crippen molar-refractivity contribution in [1.82, 2.24) is 9.55 Å². The summed E-state index contributed by atoms with van der Waals surface area (Å²) in [7, 11) is -4.49. The summed E-state index contributed by atoms with van der Waals surface area (Å²) in [6, 6.07) is 1.25. The first-order valence-electron chi connectivity index (χ1n) is 11.4. The highest BCUT2D eigenvalue weighted by atomic mass is 28.4. The third kappa shape index (κ3) is 6.31. The Bertz CT molecular complexity index is 919. The van der Waals surface area contributed by atoms with Crippen molar-refractivity contribution in [3.63, 3.8) is 0 Å². The number of halogens is 1. The molecule has 1 N–H and O–H groups in total. The van der Waals surface area contributed by atoms with Crippen molar-refractivity contribution in [2.45, 2.75) is 102 Å². The molecule has 0 radical (unpaired) electrons. The van der Waals surface area contributed by atoms with E-state index in [2.05, 4.69) is 72.7 Å². The van der Waals surface area contributed by atoms with E-state index in [1.54, 1.807) is 0 Å². The van der Waals surface area contributed by atoms with E-state index >= 15 is 0 Å². The summed E-state index contributed by atoms with van der Waals surface area (Å²) >= 11 is 0. The third-order valence-corrected chi connectivity index (χ3v) is 16.3. The molecule has 1 fully saturated rings. The third-order valence-electron chi connectivity index (χ3n) is 7.32. The van der Waals surface area contributed by atoms with E-state index < -0.39 is 59.3 Å². The van der Waals surface area contributed by atoms with Gasteiger partial charge in [0.25, 0.3) is 5.56 Å². The van der Waals surface area contributed by atoms with E-state index in [1.807, 2.05) is 0 Å². The summed E-state index contributed by atoms with van der Waals surface area (Å²) in [6.07, 6.45) is -1.70. The van der Waals surface area contributed by atoms with E-state index in [4.69, 9.17) is 18.3 Å². The molecule has 8 nitrogen and oxygen atoms in total. The van der Waals surface area contributed by atoms with Gasteiger partial charge in [0.2, 0.25) is 0 Å². The van der Waals surface area contributed by atoms with Crippen LogP contribution in [0.4, 0.5) is 4.39 Å². The Labute approximate surface area is 198 Å². The van der Waals surface area contributed by atoms with Crippen molar-refractivity contribution in [3.8, 4) is 0 Å². The molecule has 0 amide bonds. The predicted octanol–water partition coefficient (Wildman–Crippen LogP) is 4.16. The van der Waals surface area contributed by atoms with Crippen molar-refractivity contribution < 1.29 is 22.7 Å². The van der Waals surface area contributed by atoms with Gasteiger partial charge in [-0.2, -0.15) is 0 Å². The lowest BCUT2D eigenvalue weighted by molar-refractivity contribution is -0.0796. The molecule has 1 saturated heterocycles. The van der Waals surface area contributed by atoms with Gasteiger partial charge in [0.05, 0.1) is 6.61 Å². The van der Waals surface area contributed by atoms with Crippen LogP contribution in [-0.2, 0) is 18.3 Å². The lowest BCUT2D eigenvalue weighted by atomic mass is 10.1. The quantitative estimate of drug-likeness (QED) is 0.535. The van der Waals surface area contributed by atoms with Gasteiger partial charge >= 0.3 is 5.69 Å². The van der Waals surface area contributed by atoms with Crippen LogP contribution in [0.3, 0.4) is 0 Å². The highest BCUT2D eigenvalue weighted by Gasteiger charge is 2.52. The van der Waals surface area contributed by atoms with Gasteiger partial charge in [0, 0.05) is 12.3 Å². The van der Waals surface area contributed by atoms with Gasteiger partial charge in [0.1, 0.15) is 18.3 Å². The fourth-order valence-corrected chi connectivity index (χ4v) is 5.42. The van der Waals surface area contributed by atoms with E-state index in [0.717, 1.165) is 0 Å². The zero-order valence-corrected chi connectivity index (χ0v) is 23.7. The van der Waals surface area contributed by atoms with Gasteiger partial charge in [-0.15, -0.1) is 0 Å². The summed E-state index contributed by atoms with van der Waals surface area (Å²) in [5.41, 5.74) is -1.13. The molecule has 0 bridgehead atoms.